The number of amides is 1. The zero-order valence-corrected chi connectivity index (χ0v) is 24.7. The van der Waals surface area contributed by atoms with Gasteiger partial charge in [0.2, 0.25) is 11.6 Å². The van der Waals surface area contributed by atoms with E-state index in [0.717, 1.165) is 43.5 Å². The number of nitrogens with one attached hydrogen (secondary N) is 1. The quantitative estimate of drug-likeness (QED) is 0.299. The van der Waals surface area contributed by atoms with Crippen molar-refractivity contribution in [3.63, 3.8) is 0 Å². The van der Waals surface area contributed by atoms with Gasteiger partial charge in [0.15, 0.2) is 0 Å². The van der Waals surface area contributed by atoms with Crippen LogP contribution < -0.4 is 10.2 Å². The highest BCUT2D eigenvalue weighted by molar-refractivity contribution is 5.97. The lowest BCUT2D eigenvalue weighted by Gasteiger charge is -2.34. The van der Waals surface area contributed by atoms with Gasteiger partial charge >= 0.3 is 12.1 Å². The molecule has 0 spiro atoms. The monoisotopic (exact) mass is 649 g/mol. The number of carboxylic acid groups (broad SMARTS) is 1. The lowest BCUT2D eigenvalue weighted by molar-refractivity contribution is -0.142. The van der Waals surface area contributed by atoms with Crippen LogP contribution in [0.1, 0.15) is 54.7 Å². The van der Waals surface area contributed by atoms with Gasteiger partial charge in [0.1, 0.15) is 11.6 Å². The number of halogens is 6. The number of alkyl halides is 4. The Labute approximate surface area is 261 Å². The van der Waals surface area contributed by atoms with Crippen LogP contribution in [0.5, 0.6) is 0 Å². The molecule has 0 bridgehead atoms. The molecule has 3 fully saturated rings. The smallest absolute Gasteiger partial charge is 0.416 e. The number of likely N-dealkylation sites (tertiary alicyclic amines) is 1. The average molecular weight is 650 g/mol. The Bertz CT molecular complexity index is 1620. The number of carboxylic acids is 1. The van der Waals surface area contributed by atoms with Crippen molar-refractivity contribution in [2.24, 2.45) is 5.92 Å². The average Bonchev–Trinajstić information content (AvgIpc) is 3.55. The van der Waals surface area contributed by atoms with Gasteiger partial charge in [-0.25, -0.2) is 18.2 Å². The second-order valence-corrected chi connectivity index (χ2v) is 12.4. The molecule has 0 unspecified atom stereocenters. The highest BCUT2D eigenvalue weighted by atomic mass is 19.4. The van der Waals surface area contributed by atoms with Crippen molar-refractivity contribution in [3.05, 3.63) is 77.1 Å². The fourth-order valence-electron chi connectivity index (χ4n) is 6.72. The van der Waals surface area contributed by atoms with Crippen LogP contribution >= 0.6 is 0 Å². The number of hydrogen-bond acceptors (Lipinski definition) is 5. The Balaban J connectivity index is 1.26. The van der Waals surface area contributed by atoms with Crippen LogP contribution in [0.3, 0.4) is 0 Å². The summed E-state index contributed by atoms with van der Waals surface area (Å²) >= 11 is 0. The predicted molar refractivity (Wildman–Crippen MR) is 156 cm³/mol. The number of anilines is 2. The van der Waals surface area contributed by atoms with Gasteiger partial charge in [0.05, 0.1) is 18.0 Å². The van der Waals surface area contributed by atoms with Crippen LogP contribution in [0.15, 0.2) is 48.8 Å². The number of aliphatic carboxylic acids is 1. The van der Waals surface area contributed by atoms with E-state index in [2.05, 4.69) is 10.3 Å². The fraction of sp³-hybridized carbons (Fsp3) is 0.469. The Morgan fingerprint density at radius 2 is 1.78 bits per heavy atom. The maximum absolute atomic E-state index is 16.9. The molecule has 1 saturated carbocycles. The Morgan fingerprint density at radius 1 is 1.04 bits per heavy atom. The number of imidazole rings is 1. The zero-order valence-electron chi connectivity index (χ0n) is 24.7. The van der Waals surface area contributed by atoms with Crippen LogP contribution in [-0.4, -0.2) is 69.3 Å². The van der Waals surface area contributed by atoms with Gasteiger partial charge in [0.25, 0.3) is 5.91 Å². The van der Waals surface area contributed by atoms with Crippen molar-refractivity contribution in [3.8, 4) is 0 Å². The van der Waals surface area contributed by atoms with E-state index in [0.29, 0.717) is 11.6 Å². The van der Waals surface area contributed by atoms with Crippen molar-refractivity contribution in [2.75, 3.05) is 36.4 Å². The van der Waals surface area contributed by atoms with E-state index < -0.39 is 52.8 Å². The van der Waals surface area contributed by atoms with Gasteiger partial charge in [-0.2, -0.15) is 13.2 Å². The third-order valence-corrected chi connectivity index (χ3v) is 9.59. The molecule has 2 atom stereocenters. The summed E-state index contributed by atoms with van der Waals surface area (Å²) in [6.07, 6.45) is 1.39. The molecule has 3 heterocycles. The SMILES string of the molecule is O=C(O)C1CCN(c2cc(C(F)(F)F)ccc2Cn2ccnc2NC(=O)[C@]2(F)CN(C3CCC3)C[C@H]2c2ccc(F)cc2F)CC1. The molecule has 8 nitrogen and oxygen atoms in total. The molecule has 0 radical (unpaired) electrons. The highest BCUT2D eigenvalue weighted by Crippen LogP contribution is 2.44. The summed E-state index contributed by atoms with van der Waals surface area (Å²) in [6.45, 7) is 0.218. The highest BCUT2D eigenvalue weighted by Gasteiger charge is 2.56. The minimum atomic E-state index is -4.61. The van der Waals surface area contributed by atoms with Crippen molar-refractivity contribution in [1.82, 2.24) is 14.5 Å². The number of carbonyl (C=O) groups excluding carboxylic acids is 1. The fourth-order valence-corrected chi connectivity index (χ4v) is 6.72. The van der Waals surface area contributed by atoms with E-state index in [1.165, 1.54) is 23.0 Å². The molecular weight excluding hydrogens is 616 g/mol. The molecule has 1 amide bonds. The van der Waals surface area contributed by atoms with Gasteiger partial charge in [-0.1, -0.05) is 18.6 Å². The van der Waals surface area contributed by atoms with Gasteiger partial charge in [-0.3, -0.25) is 19.8 Å². The molecular formula is C32H33F6N5O3. The first-order chi connectivity index (χ1) is 21.8. The van der Waals surface area contributed by atoms with Crippen molar-refractivity contribution < 1.29 is 41.0 Å². The first-order valence-electron chi connectivity index (χ1n) is 15.2. The molecule has 2 aliphatic heterocycles. The van der Waals surface area contributed by atoms with E-state index in [1.54, 1.807) is 4.90 Å². The Hall–Kier alpha value is -4.07. The van der Waals surface area contributed by atoms with Crippen LogP contribution in [0, 0.1) is 17.6 Å². The molecule has 6 rings (SSSR count). The largest absolute Gasteiger partial charge is 0.481 e. The van der Waals surface area contributed by atoms with Gasteiger partial charge in [-0.05, 0) is 55.0 Å². The Kier molecular flexibility index (Phi) is 8.51. The number of aromatic nitrogens is 2. The predicted octanol–water partition coefficient (Wildman–Crippen LogP) is 5.83. The molecule has 1 aliphatic carbocycles. The summed E-state index contributed by atoms with van der Waals surface area (Å²) in [5.41, 5.74) is -2.83. The van der Waals surface area contributed by atoms with Gasteiger partial charge < -0.3 is 14.6 Å². The molecule has 2 aromatic carbocycles. The van der Waals surface area contributed by atoms with Gasteiger partial charge in [-0.15, -0.1) is 0 Å². The number of hydrogen-bond donors (Lipinski definition) is 2. The maximum Gasteiger partial charge on any atom is 0.416 e. The minimum absolute atomic E-state index is 0.0363. The first-order valence-corrected chi connectivity index (χ1v) is 15.2. The maximum atomic E-state index is 16.9. The summed E-state index contributed by atoms with van der Waals surface area (Å²) in [4.78, 5) is 32.8. The number of carbonyl (C=O) groups is 2. The van der Waals surface area contributed by atoms with Crippen LogP contribution in [0.25, 0.3) is 0 Å². The van der Waals surface area contributed by atoms with Crippen LogP contribution in [0.2, 0.25) is 0 Å². The van der Waals surface area contributed by atoms with Crippen LogP contribution in [0.4, 0.5) is 38.0 Å². The lowest BCUT2D eigenvalue weighted by atomic mass is 9.85. The summed E-state index contributed by atoms with van der Waals surface area (Å²) in [5.74, 6) is -5.63. The van der Waals surface area contributed by atoms with E-state index >= 15 is 4.39 Å². The van der Waals surface area contributed by atoms with E-state index in [4.69, 9.17) is 0 Å². The normalized spacial score (nSPS) is 23.0. The zero-order chi connectivity index (χ0) is 32.8. The summed E-state index contributed by atoms with van der Waals surface area (Å²) in [5, 5.41) is 11.9. The van der Waals surface area contributed by atoms with Gasteiger partial charge in [0, 0.05) is 62.3 Å². The van der Waals surface area contributed by atoms with E-state index in [1.807, 2.05) is 4.90 Å². The van der Waals surface area contributed by atoms with Crippen molar-refractivity contribution in [1.29, 1.82) is 0 Å². The molecule has 46 heavy (non-hydrogen) atoms. The first kappa shape index (κ1) is 31.9. The molecule has 246 valence electrons. The summed E-state index contributed by atoms with van der Waals surface area (Å²) in [6, 6.07) is 6.20. The van der Waals surface area contributed by atoms with Crippen molar-refractivity contribution >= 4 is 23.5 Å². The second kappa shape index (κ2) is 12.3. The topological polar surface area (TPSA) is 90.7 Å². The molecule has 3 aliphatic rings. The van der Waals surface area contributed by atoms with Crippen molar-refractivity contribution in [2.45, 2.75) is 62.5 Å². The van der Waals surface area contributed by atoms with E-state index in [-0.39, 0.29) is 68.8 Å². The number of piperidine rings is 1. The second-order valence-electron chi connectivity index (χ2n) is 12.4. The number of rotatable bonds is 8. The number of nitrogens with zero attached hydrogens (tertiary/aromatic N) is 4. The third kappa shape index (κ3) is 6.18. The van der Waals surface area contributed by atoms with Crippen LogP contribution in [-0.2, 0) is 22.3 Å². The third-order valence-electron chi connectivity index (χ3n) is 9.59. The lowest BCUT2D eigenvalue weighted by Crippen LogP contribution is -2.47. The molecule has 3 aromatic rings. The van der Waals surface area contributed by atoms with E-state index in [9.17, 15) is 36.6 Å². The summed E-state index contributed by atoms with van der Waals surface area (Å²) in [7, 11) is 0. The summed E-state index contributed by atoms with van der Waals surface area (Å²) < 4.78 is 87.9. The standard InChI is InChI=1S/C32H33F6N5O3/c33-22-6-7-24(26(34)15-22)25-17-43(23-2-1-3-23)18-31(25,35)29(46)40-30-39-10-13-42(30)16-20-4-5-21(32(36,37)38)14-27(20)41-11-8-19(9-12-41)28(44)45/h4-7,10,13-15,19,23,25H,1-3,8-9,11-12,16-18H2,(H,44,45)(H,39,40,46)/t25-,31-/m0/s1. The molecule has 1 aromatic heterocycles. The Morgan fingerprint density at radius 3 is 2.41 bits per heavy atom. The number of benzene rings is 2. The molecule has 2 N–H and O–H groups in total. The minimum Gasteiger partial charge on any atom is -0.481 e. The molecule has 14 heteroatoms. The molecule has 2 saturated heterocycles.